The van der Waals surface area contributed by atoms with E-state index >= 15 is 0 Å². The number of H-pyrrole nitrogens is 1. The van der Waals surface area contributed by atoms with Gasteiger partial charge in [-0.25, -0.2) is 13.4 Å². The SMILES string of the molecule is CCOc1ccc([N-]S(=O)(=O)c2ccc(C(=O)NCCc3cccc[nH+]3)cc2)cc1. The van der Waals surface area contributed by atoms with Gasteiger partial charge in [-0.15, -0.1) is 5.69 Å². The highest BCUT2D eigenvalue weighted by atomic mass is 32.2. The van der Waals surface area contributed by atoms with Gasteiger partial charge in [0.05, 0.1) is 11.5 Å². The standard InChI is InChI=1S/C22H22N3O4S/c1-2-29-20-10-8-19(9-11-20)25-30(27,28)21-12-6-17(7-13-21)22(26)24-16-14-18-5-3-4-15-23-18/h3-13,15H,2,14,16H2,1H3,(H,24,26)/q-1/p+1. The van der Waals surface area contributed by atoms with E-state index in [1.54, 1.807) is 24.3 Å². The van der Waals surface area contributed by atoms with Gasteiger partial charge in [-0.3, -0.25) is 4.79 Å². The fourth-order valence-electron chi connectivity index (χ4n) is 2.74. The molecule has 0 aliphatic rings. The summed E-state index contributed by atoms with van der Waals surface area (Å²) in [5.41, 5.74) is 1.69. The number of nitrogens with zero attached hydrogens (tertiary/aromatic N) is 1. The van der Waals surface area contributed by atoms with E-state index < -0.39 is 10.0 Å². The van der Waals surface area contributed by atoms with E-state index in [-0.39, 0.29) is 10.8 Å². The lowest BCUT2D eigenvalue weighted by molar-refractivity contribution is -0.390. The highest BCUT2D eigenvalue weighted by Gasteiger charge is 2.09. The molecule has 0 saturated carbocycles. The Morgan fingerprint density at radius 3 is 2.40 bits per heavy atom. The van der Waals surface area contributed by atoms with Gasteiger partial charge in [0, 0.05) is 30.7 Å². The predicted molar refractivity (Wildman–Crippen MR) is 113 cm³/mol. The number of benzene rings is 2. The quantitative estimate of drug-likeness (QED) is 0.568. The van der Waals surface area contributed by atoms with E-state index in [1.807, 2.05) is 31.3 Å². The molecule has 3 rings (SSSR count). The Labute approximate surface area is 176 Å². The van der Waals surface area contributed by atoms with Crippen LogP contribution >= 0.6 is 0 Å². The van der Waals surface area contributed by atoms with Crippen molar-refractivity contribution in [2.45, 2.75) is 18.2 Å². The van der Waals surface area contributed by atoms with E-state index in [4.69, 9.17) is 4.74 Å². The van der Waals surface area contributed by atoms with E-state index in [0.29, 0.717) is 36.6 Å². The molecule has 0 aliphatic heterocycles. The normalized spacial score (nSPS) is 11.0. The Morgan fingerprint density at radius 2 is 1.77 bits per heavy atom. The van der Waals surface area contributed by atoms with Crippen LogP contribution in [0.1, 0.15) is 23.0 Å². The van der Waals surface area contributed by atoms with Crippen LogP contribution in [0.5, 0.6) is 5.75 Å². The summed E-state index contributed by atoms with van der Waals surface area (Å²) in [4.78, 5) is 15.4. The van der Waals surface area contributed by atoms with Crippen LogP contribution in [-0.4, -0.2) is 27.5 Å². The molecular formula is C22H23N3O4S. The number of sulfonamides is 1. The minimum atomic E-state index is -3.89. The average molecular weight is 426 g/mol. The van der Waals surface area contributed by atoms with Gasteiger partial charge in [0.2, 0.25) is 0 Å². The van der Waals surface area contributed by atoms with E-state index in [1.165, 1.54) is 24.3 Å². The van der Waals surface area contributed by atoms with Gasteiger partial charge in [0.1, 0.15) is 15.8 Å². The van der Waals surface area contributed by atoms with Crippen LogP contribution in [0.4, 0.5) is 5.69 Å². The first kappa shape index (κ1) is 21.3. The number of amides is 1. The molecule has 30 heavy (non-hydrogen) atoms. The van der Waals surface area contributed by atoms with Crippen molar-refractivity contribution in [1.82, 2.24) is 5.32 Å². The maximum Gasteiger partial charge on any atom is 0.251 e. The zero-order chi connectivity index (χ0) is 21.4. The van der Waals surface area contributed by atoms with Crippen molar-refractivity contribution in [3.05, 3.63) is 88.9 Å². The number of hydrogen-bond donors (Lipinski definition) is 1. The second kappa shape index (κ2) is 9.89. The fourth-order valence-corrected chi connectivity index (χ4v) is 3.72. The molecule has 0 radical (unpaired) electrons. The fraction of sp³-hybridized carbons (Fsp3) is 0.182. The minimum absolute atomic E-state index is 0.0202. The molecule has 0 aliphatic carbocycles. The molecule has 1 amide bonds. The molecule has 0 fully saturated rings. The molecule has 156 valence electrons. The molecule has 1 heterocycles. The van der Waals surface area contributed by atoms with E-state index in [2.05, 4.69) is 15.0 Å². The van der Waals surface area contributed by atoms with Gasteiger partial charge < -0.3 is 14.8 Å². The highest BCUT2D eigenvalue weighted by molar-refractivity contribution is 7.94. The third-order valence-corrected chi connectivity index (χ3v) is 5.56. The maximum atomic E-state index is 12.5. The lowest BCUT2D eigenvalue weighted by Gasteiger charge is -2.22. The molecule has 8 heteroatoms. The molecule has 1 aromatic heterocycles. The van der Waals surface area contributed by atoms with Gasteiger partial charge >= 0.3 is 0 Å². The molecule has 0 spiro atoms. The Balaban J connectivity index is 1.58. The average Bonchev–Trinajstić information content (AvgIpc) is 2.76. The number of rotatable bonds is 9. The van der Waals surface area contributed by atoms with Crippen LogP contribution in [0.3, 0.4) is 0 Å². The monoisotopic (exact) mass is 425 g/mol. The largest absolute Gasteiger partial charge is 0.573 e. The Bertz CT molecular complexity index is 1070. The lowest BCUT2D eigenvalue weighted by Crippen LogP contribution is -2.27. The second-order valence-corrected chi connectivity index (χ2v) is 8.02. The van der Waals surface area contributed by atoms with Crippen molar-refractivity contribution < 1.29 is 22.9 Å². The Hall–Kier alpha value is -3.39. The third kappa shape index (κ3) is 5.81. The number of nitrogens with one attached hydrogen (secondary N) is 2. The van der Waals surface area contributed by atoms with Gasteiger partial charge in [0.25, 0.3) is 5.91 Å². The summed E-state index contributed by atoms with van der Waals surface area (Å²) in [6.45, 7) is 2.86. The highest BCUT2D eigenvalue weighted by Crippen LogP contribution is 2.29. The molecule has 0 saturated heterocycles. The number of carbonyl (C=O) groups excluding carboxylic acids is 1. The van der Waals surface area contributed by atoms with Gasteiger partial charge in [-0.2, -0.15) is 0 Å². The van der Waals surface area contributed by atoms with Crippen LogP contribution < -0.4 is 15.0 Å². The number of aromatic amines is 1. The molecular weight excluding hydrogens is 402 g/mol. The number of pyridine rings is 1. The zero-order valence-electron chi connectivity index (χ0n) is 16.5. The van der Waals surface area contributed by atoms with Gasteiger partial charge in [0.15, 0.2) is 11.9 Å². The maximum absolute atomic E-state index is 12.5. The molecule has 7 nitrogen and oxygen atoms in total. The van der Waals surface area contributed by atoms with Crippen molar-refractivity contribution in [1.29, 1.82) is 0 Å². The van der Waals surface area contributed by atoms with Gasteiger partial charge in [-0.1, -0.05) is 18.2 Å². The Kier molecular flexibility index (Phi) is 7.03. The molecule has 3 aromatic rings. The van der Waals surface area contributed by atoms with Crippen molar-refractivity contribution in [3.8, 4) is 5.75 Å². The first-order valence-corrected chi connectivity index (χ1v) is 11.0. The smallest absolute Gasteiger partial charge is 0.251 e. The summed E-state index contributed by atoms with van der Waals surface area (Å²) in [5, 5.41) is 2.82. The Morgan fingerprint density at radius 1 is 1.03 bits per heavy atom. The van der Waals surface area contributed by atoms with Crippen molar-refractivity contribution in [2.75, 3.05) is 13.2 Å². The number of aromatic nitrogens is 1. The number of hydrogen-bond acceptors (Lipinski definition) is 4. The summed E-state index contributed by atoms with van der Waals surface area (Å²) >= 11 is 0. The number of ether oxygens (including phenoxy) is 1. The molecule has 0 atom stereocenters. The summed E-state index contributed by atoms with van der Waals surface area (Å²) in [5.74, 6) is 0.382. The second-order valence-electron chi connectivity index (χ2n) is 6.41. The first-order chi connectivity index (χ1) is 14.5. The topological polar surface area (TPSA) is 101 Å². The molecule has 2 aromatic carbocycles. The van der Waals surface area contributed by atoms with Crippen LogP contribution in [0.15, 0.2) is 77.8 Å². The van der Waals surface area contributed by atoms with E-state index in [0.717, 1.165) is 5.69 Å². The third-order valence-electron chi connectivity index (χ3n) is 4.24. The van der Waals surface area contributed by atoms with E-state index in [9.17, 15) is 13.2 Å². The number of carbonyl (C=O) groups is 1. The van der Waals surface area contributed by atoms with Crippen molar-refractivity contribution in [2.24, 2.45) is 0 Å². The van der Waals surface area contributed by atoms with Gasteiger partial charge in [-0.05, 0) is 43.3 Å². The predicted octanol–water partition coefficient (Wildman–Crippen LogP) is 3.27. The molecule has 0 unspecified atom stereocenters. The summed E-state index contributed by atoms with van der Waals surface area (Å²) in [7, 11) is -3.89. The molecule has 2 N–H and O–H groups in total. The summed E-state index contributed by atoms with van der Waals surface area (Å²) in [6, 6.07) is 18.0. The molecule has 0 bridgehead atoms. The van der Waals surface area contributed by atoms with Crippen molar-refractivity contribution in [3.63, 3.8) is 0 Å². The summed E-state index contributed by atoms with van der Waals surface area (Å²) < 4.78 is 34.2. The van der Waals surface area contributed by atoms with Crippen LogP contribution in [0.25, 0.3) is 4.72 Å². The minimum Gasteiger partial charge on any atom is -0.573 e. The van der Waals surface area contributed by atoms with Crippen LogP contribution in [0.2, 0.25) is 0 Å². The van der Waals surface area contributed by atoms with Crippen molar-refractivity contribution >= 4 is 21.6 Å². The summed E-state index contributed by atoms with van der Waals surface area (Å²) in [6.07, 6.45) is 2.49. The van der Waals surface area contributed by atoms with Crippen LogP contribution in [0, 0.1) is 0 Å². The zero-order valence-corrected chi connectivity index (χ0v) is 17.4. The first-order valence-electron chi connectivity index (χ1n) is 9.52. The van der Waals surface area contributed by atoms with Crippen LogP contribution in [-0.2, 0) is 16.4 Å². The lowest BCUT2D eigenvalue weighted by atomic mass is 10.2.